The number of nitrogens with one attached hydrogen (secondary N) is 1. The second-order valence-corrected chi connectivity index (χ2v) is 3.74. The van der Waals surface area contributed by atoms with E-state index < -0.39 is 0 Å². The molecule has 0 aliphatic rings. The number of aryl methyl sites for hydroxylation is 1. The molecule has 0 bridgehead atoms. The van der Waals surface area contributed by atoms with Crippen LogP contribution in [0.3, 0.4) is 0 Å². The van der Waals surface area contributed by atoms with Crippen LogP contribution >= 0.6 is 11.3 Å². The summed E-state index contributed by atoms with van der Waals surface area (Å²) in [6.45, 7) is 3.37. The minimum absolute atomic E-state index is 0.693. The maximum absolute atomic E-state index is 5.05. The predicted octanol–water partition coefficient (Wildman–Crippen LogP) is 1.73. The van der Waals surface area contributed by atoms with Crippen molar-refractivity contribution in [2.75, 3.05) is 0 Å². The van der Waals surface area contributed by atoms with Crippen LogP contribution in [0, 0.1) is 6.92 Å². The Balaban J connectivity index is 1.78. The molecule has 0 saturated carbocycles. The first-order valence-electron chi connectivity index (χ1n) is 4.34. The molecule has 74 valence electrons. The first kappa shape index (κ1) is 9.36. The summed E-state index contributed by atoms with van der Waals surface area (Å²) < 4.78 is 5.05. The highest BCUT2D eigenvalue weighted by Crippen LogP contribution is 2.03. The minimum Gasteiger partial charge on any atom is -0.360 e. The summed E-state index contributed by atoms with van der Waals surface area (Å²) in [6.07, 6.45) is 0. The zero-order valence-corrected chi connectivity index (χ0v) is 8.67. The Morgan fingerprint density at radius 1 is 1.50 bits per heavy atom. The fourth-order valence-electron chi connectivity index (χ4n) is 1.14. The molecular weight excluding hydrogens is 198 g/mol. The van der Waals surface area contributed by atoms with Gasteiger partial charge < -0.3 is 9.84 Å². The second-order valence-electron chi connectivity index (χ2n) is 3.02. The highest BCUT2D eigenvalue weighted by atomic mass is 32.1. The first-order chi connectivity index (χ1) is 6.84. The summed E-state index contributed by atoms with van der Waals surface area (Å²) in [6, 6.07) is 1.92. The number of aromatic nitrogens is 2. The van der Waals surface area contributed by atoms with Gasteiger partial charge in [-0.1, -0.05) is 5.16 Å². The fraction of sp³-hybridized carbons (Fsp3) is 0.333. The molecule has 0 saturated heterocycles. The monoisotopic (exact) mass is 209 g/mol. The minimum atomic E-state index is 0.693. The van der Waals surface area contributed by atoms with Gasteiger partial charge in [-0.3, -0.25) is 0 Å². The van der Waals surface area contributed by atoms with Crippen LogP contribution in [0.1, 0.15) is 17.1 Å². The van der Waals surface area contributed by atoms with Gasteiger partial charge in [0.1, 0.15) is 0 Å². The Labute approximate surface area is 86.0 Å². The summed E-state index contributed by atoms with van der Waals surface area (Å²) in [5.74, 6) is 0.859. The summed E-state index contributed by atoms with van der Waals surface area (Å²) in [5, 5.41) is 9.06. The molecule has 0 spiro atoms. The molecule has 5 heteroatoms. The van der Waals surface area contributed by atoms with Gasteiger partial charge in [0.25, 0.3) is 0 Å². The largest absolute Gasteiger partial charge is 0.360 e. The van der Waals surface area contributed by atoms with Gasteiger partial charge in [-0.15, -0.1) is 11.3 Å². The standard InChI is InChI=1S/C9H11N3OS/c1-7-2-9(13-12-7)4-10-3-8-5-14-6-11-8/h2,5-6,10H,3-4H2,1H3. The molecule has 0 fully saturated rings. The third kappa shape index (κ3) is 2.40. The number of thiazole rings is 1. The Morgan fingerprint density at radius 3 is 3.07 bits per heavy atom. The van der Waals surface area contributed by atoms with Crippen LogP contribution in [-0.2, 0) is 13.1 Å². The highest BCUT2D eigenvalue weighted by molar-refractivity contribution is 7.07. The molecule has 14 heavy (non-hydrogen) atoms. The molecule has 2 aromatic heterocycles. The number of hydrogen-bond donors (Lipinski definition) is 1. The van der Waals surface area contributed by atoms with Crippen LogP contribution in [0.25, 0.3) is 0 Å². The van der Waals surface area contributed by atoms with Gasteiger partial charge in [0, 0.05) is 18.0 Å². The maximum Gasteiger partial charge on any atom is 0.150 e. The second kappa shape index (κ2) is 4.34. The van der Waals surface area contributed by atoms with Gasteiger partial charge >= 0.3 is 0 Å². The van der Waals surface area contributed by atoms with Crippen LogP contribution in [0.2, 0.25) is 0 Å². The van der Waals surface area contributed by atoms with Gasteiger partial charge in [0.15, 0.2) is 5.76 Å². The van der Waals surface area contributed by atoms with E-state index in [0.717, 1.165) is 23.7 Å². The van der Waals surface area contributed by atoms with Gasteiger partial charge in [0.05, 0.1) is 23.4 Å². The van der Waals surface area contributed by atoms with Crippen molar-refractivity contribution < 1.29 is 4.52 Å². The van der Waals surface area contributed by atoms with Crippen LogP contribution < -0.4 is 5.32 Å². The van der Waals surface area contributed by atoms with Crippen LogP contribution in [-0.4, -0.2) is 10.1 Å². The van der Waals surface area contributed by atoms with E-state index in [-0.39, 0.29) is 0 Å². The molecule has 2 aromatic rings. The van der Waals surface area contributed by atoms with Crippen molar-refractivity contribution in [3.8, 4) is 0 Å². The van der Waals surface area contributed by atoms with Gasteiger partial charge in [-0.05, 0) is 6.92 Å². The number of hydrogen-bond acceptors (Lipinski definition) is 5. The summed E-state index contributed by atoms with van der Waals surface area (Å²) in [7, 11) is 0. The Hall–Kier alpha value is -1.20. The highest BCUT2D eigenvalue weighted by Gasteiger charge is 2.00. The van der Waals surface area contributed by atoms with Gasteiger partial charge in [-0.25, -0.2) is 4.98 Å². The van der Waals surface area contributed by atoms with Crippen LogP contribution in [0.15, 0.2) is 21.5 Å². The van der Waals surface area contributed by atoms with Gasteiger partial charge in [0.2, 0.25) is 0 Å². The molecule has 1 N–H and O–H groups in total. The lowest BCUT2D eigenvalue weighted by molar-refractivity contribution is 0.369. The van der Waals surface area contributed by atoms with Crippen molar-refractivity contribution in [3.63, 3.8) is 0 Å². The maximum atomic E-state index is 5.05. The van der Waals surface area contributed by atoms with Crippen molar-refractivity contribution >= 4 is 11.3 Å². The van der Waals surface area contributed by atoms with Crippen molar-refractivity contribution in [2.45, 2.75) is 20.0 Å². The van der Waals surface area contributed by atoms with Crippen LogP contribution in [0.5, 0.6) is 0 Å². The normalized spacial score (nSPS) is 10.6. The molecule has 0 radical (unpaired) electrons. The lowest BCUT2D eigenvalue weighted by Gasteiger charge is -1.97. The lowest BCUT2D eigenvalue weighted by Crippen LogP contribution is -2.12. The summed E-state index contributed by atoms with van der Waals surface area (Å²) >= 11 is 1.60. The van der Waals surface area contributed by atoms with E-state index in [1.54, 1.807) is 11.3 Å². The zero-order valence-electron chi connectivity index (χ0n) is 7.86. The topological polar surface area (TPSA) is 51.0 Å². The average molecular weight is 209 g/mol. The Morgan fingerprint density at radius 2 is 2.43 bits per heavy atom. The molecule has 0 atom stereocenters. The molecule has 0 aliphatic carbocycles. The van der Waals surface area contributed by atoms with E-state index in [0.29, 0.717) is 6.54 Å². The van der Waals surface area contributed by atoms with Crippen molar-refractivity contribution in [2.24, 2.45) is 0 Å². The molecule has 4 nitrogen and oxygen atoms in total. The first-order valence-corrected chi connectivity index (χ1v) is 5.29. The van der Waals surface area contributed by atoms with E-state index in [4.69, 9.17) is 4.52 Å². The van der Waals surface area contributed by atoms with E-state index >= 15 is 0 Å². The molecule has 0 aromatic carbocycles. The SMILES string of the molecule is Cc1cc(CNCc2cscn2)on1. The lowest BCUT2D eigenvalue weighted by atomic mass is 10.4. The van der Waals surface area contributed by atoms with E-state index in [9.17, 15) is 0 Å². The van der Waals surface area contributed by atoms with E-state index in [1.807, 2.05) is 23.9 Å². The molecular formula is C9H11N3OS. The summed E-state index contributed by atoms with van der Waals surface area (Å²) in [5.41, 5.74) is 3.80. The fourth-order valence-corrected chi connectivity index (χ4v) is 1.70. The van der Waals surface area contributed by atoms with Crippen molar-refractivity contribution in [1.82, 2.24) is 15.5 Å². The number of nitrogens with zero attached hydrogens (tertiary/aromatic N) is 2. The van der Waals surface area contributed by atoms with Crippen LogP contribution in [0.4, 0.5) is 0 Å². The zero-order chi connectivity index (χ0) is 9.80. The van der Waals surface area contributed by atoms with Gasteiger partial charge in [-0.2, -0.15) is 0 Å². The third-order valence-electron chi connectivity index (χ3n) is 1.77. The van der Waals surface area contributed by atoms with E-state index in [2.05, 4.69) is 15.5 Å². The molecule has 2 heterocycles. The van der Waals surface area contributed by atoms with Crippen molar-refractivity contribution in [1.29, 1.82) is 0 Å². The number of rotatable bonds is 4. The molecule has 0 amide bonds. The molecule has 0 unspecified atom stereocenters. The molecule has 2 rings (SSSR count). The third-order valence-corrected chi connectivity index (χ3v) is 2.40. The molecule has 0 aliphatic heterocycles. The quantitative estimate of drug-likeness (QED) is 0.833. The Kier molecular flexibility index (Phi) is 2.90. The average Bonchev–Trinajstić information content (AvgIpc) is 2.77. The Bertz CT molecular complexity index is 382. The summed E-state index contributed by atoms with van der Waals surface area (Å²) in [4.78, 5) is 4.16. The predicted molar refractivity (Wildman–Crippen MR) is 53.9 cm³/mol. The smallest absolute Gasteiger partial charge is 0.150 e. The van der Waals surface area contributed by atoms with Crippen molar-refractivity contribution in [3.05, 3.63) is 34.1 Å². The van der Waals surface area contributed by atoms with E-state index in [1.165, 1.54) is 0 Å².